The van der Waals surface area contributed by atoms with Crippen molar-refractivity contribution in [2.45, 2.75) is 25.2 Å². The van der Waals surface area contributed by atoms with Gasteiger partial charge in [0, 0.05) is 0 Å². The van der Waals surface area contributed by atoms with Crippen LogP contribution in [-0.4, -0.2) is 47.7 Å². The summed E-state index contributed by atoms with van der Waals surface area (Å²) >= 11 is 1.50. The lowest BCUT2D eigenvalue weighted by atomic mass is 10.3. The Morgan fingerprint density at radius 3 is 2.53 bits per heavy atom. The normalized spacial score (nSPS) is 12.3. The van der Waals surface area contributed by atoms with E-state index in [-0.39, 0.29) is 12.5 Å². The number of esters is 1. The molecule has 0 aliphatic carbocycles. The van der Waals surface area contributed by atoms with Gasteiger partial charge in [0.1, 0.15) is 0 Å². The van der Waals surface area contributed by atoms with E-state index in [0.717, 1.165) is 0 Å². The fourth-order valence-corrected chi connectivity index (χ4v) is 1.31. The van der Waals surface area contributed by atoms with Crippen LogP contribution >= 0.6 is 11.8 Å². The summed E-state index contributed by atoms with van der Waals surface area (Å²) < 4.78 is 4.30. The molecule has 2 N–H and O–H groups in total. The van der Waals surface area contributed by atoms with Crippen molar-refractivity contribution < 1.29 is 19.4 Å². The van der Waals surface area contributed by atoms with E-state index in [4.69, 9.17) is 5.11 Å². The maximum absolute atomic E-state index is 11.2. The van der Waals surface area contributed by atoms with Crippen LogP contribution < -0.4 is 5.32 Å². The molecule has 0 bridgehead atoms. The van der Waals surface area contributed by atoms with Crippen molar-refractivity contribution in [2.24, 2.45) is 0 Å². The number of aliphatic hydroxyl groups excluding tert-OH is 1. The maximum Gasteiger partial charge on any atom is 0.336 e. The van der Waals surface area contributed by atoms with Crippen LogP contribution in [0.1, 0.15) is 13.8 Å². The first-order chi connectivity index (χ1) is 6.97. The zero-order chi connectivity index (χ0) is 11.8. The molecule has 0 rings (SSSR count). The van der Waals surface area contributed by atoms with Crippen molar-refractivity contribution in [1.29, 1.82) is 0 Å². The van der Waals surface area contributed by atoms with Crippen LogP contribution in [-0.2, 0) is 14.3 Å². The molecular formula is C9H17NO4S. The standard InChI is InChI=1S/C9H17NO4S/c1-6(2)15-5-8(12)10-4-7(11)9(13)14-3/h6-7,11H,4-5H2,1-3H3,(H,10,12). The first-order valence-electron chi connectivity index (χ1n) is 4.61. The molecule has 0 aromatic carbocycles. The third-order valence-corrected chi connectivity index (χ3v) is 2.61. The fraction of sp³-hybridized carbons (Fsp3) is 0.778. The number of nitrogens with one attached hydrogen (secondary N) is 1. The quantitative estimate of drug-likeness (QED) is 0.622. The van der Waals surface area contributed by atoms with Crippen LogP contribution in [0.3, 0.4) is 0 Å². The Morgan fingerprint density at radius 1 is 1.47 bits per heavy atom. The second kappa shape index (κ2) is 7.53. The van der Waals surface area contributed by atoms with Gasteiger partial charge in [0.05, 0.1) is 19.4 Å². The van der Waals surface area contributed by atoms with Crippen molar-refractivity contribution in [3.05, 3.63) is 0 Å². The predicted molar refractivity (Wildman–Crippen MR) is 58.6 cm³/mol. The van der Waals surface area contributed by atoms with Gasteiger partial charge in [-0.15, -0.1) is 11.8 Å². The first kappa shape index (κ1) is 14.2. The first-order valence-corrected chi connectivity index (χ1v) is 5.66. The van der Waals surface area contributed by atoms with Gasteiger partial charge in [-0.1, -0.05) is 13.8 Å². The molecule has 1 atom stereocenters. The molecule has 6 heteroatoms. The fourth-order valence-electron chi connectivity index (χ4n) is 0.723. The average Bonchev–Trinajstić information content (AvgIpc) is 2.21. The zero-order valence-corrected chi connectivity index (χ0v) is 9.97. The number of thioether (sulfide) groups is 1. The lowest BCUT2D eigenvalue weighted by Gasteiger charge is -2.10. The molecule has 0 heterocycles. The molecule has 0 radical (unpaired) electrons. The molecular weight excluding hydrogens is 218 g/mol. The number of ether oxygens (including phenoxy) is 1. The van der Waals surface area contributed by atoms with Gasteiger partial charge >= 0.3 is 5.97 Å². The number of hydrogen-bond donors (Lipinski definition) is 2. The molecule has 0 spiro atoms. The minimum atomic E-state index is -1.29. The number of methoxy groups -OCH3 is 1. The zero-order valence-electron chi connectivity index (χ0n) is 9.15. The predicted octanol–water partition coefficient (Wildman–Crippen LogP) is -0.222. The summed E-state index contributed by atoms with van der Waals surface area (Å²) in [5.41, 5.74) is 0. The molecule has 5 nitrogen and oxygen atoms in total. The van der Waals surface area contributed by atoms with Gasteiger partial charge in [-0.05, 0) is 5.25 Å². The van der Waals surface area contributed by atoms with Gasteiger partial charge in [-0.3, -0.25) is 4.79 Å². The van der Waals surface area contributed by atoms with Crippen LogP contribution in [0.2, 0.25) is 0 Å². The highest BCUT2D eigenvalue weighted by atomic mass is 32.2. The van der Waals surface area contributed by atoms with E-state index in [1.807, 2.05) is 13.8 Å². The molecule has 0 aliphatic heterocycles. The van der Waals surface area contributed by atoms with Crippen LogP contribution in [0.5, 0.6) is 0 Å². The molecule has 88 valence electrons. The van der Waals surface area contributed by atoms with E-state index in [2.05, 4.69) is 10.1 Å². The van der Waals surface area contributed by atoms with Crippen molar-refractivity contribution >= 4 is 23.6 Å². The van der Waals surface area contributed by atoms with Crippen molar-refractivity contribution in [1.82, 2.24) is 5.32 Å². The van der Waals surface area contributed by atoms with Crippen molar-refractivity contribution in [2.75, 3.05) is 19.4 Å². The Morgan fingerprint density at radius 2 is 2.07 bits per heavy atom. The van der Waals surface area contributed by atoms with Gasteiger partial charge in [-0.25, -0.2) is 4.79 Å². The summed E-state index contributed by atoms with van der Waals surface area (Å²) in [6, 6.07) is 0. The molecule has 0 aromatic heterocycles. The van der Waals surface area contributed by atoms with E-state index in [1.54, 1.807) is 0 Å². The van der Waals surface area contributed by atoms with Gasteiger partial charge in [0.15, 0.2) is 6.10 Å². The second-order valence-electron chi connectivity index (χ2n) is 3.20. The topological polar surface area (TPSA) is 75.6 Å². The number of carbonyl (C=O) groups excluding carboxylic acids is 2. The average molecular weight is 235 g/mol. The SMILES string of the molecule is COC(=O)C(O)CNC(=O)CSC(C)C. The molecule has 0 aliphatic rings. The monoisotopic (exact) mass is 235 g/mol. The van der Waals surface area contributed by atoms with Crippen molar-refractivity contribution in [3.8, 4) is 0 Å². The Balaban J connectivity index is 3.66. The second-order valence-corrected chi connectivity index (χ2v) is 4.77. The maximum atomic E-state index is 11.2. The smallest absolute Gasteiger partial charge is 0.336 e. The lowest BCUT2D eigenvalue weighted by Crippen LogP contribution is -2.38. The van der Waals surface area contributed by atoms with Crippen LogP contribution in [0.4, 0.5) is 0 Å². The third kappa shape index (κ3) is 7.21. The van der Waals surface area contributed by atoms with E-state index >= 15 is 0 Å². The largest absolute Gasteiger partial charge is 0.467 e. The van der Waals surface area contributed by atoms with Gasteiger partial charge in [0.25, 0.3) is 0 Å². The summed E-state index contributed by atoms with van der Waals surface area (Å²) in [6.07, 6.45) is -1.29. The molecule has 1 unspecified atom stereocenters. The number of amides is 1. The highest BCUT2D eigenvalue weighted by Gasteiger charge is 2.15. The number of aliphatic hydroxyl groups is 1. The number of rotatable bonds is 6. The van der Waals surface area contributed by atoms with Crippen LogP contribution in [0.15, 0.2) is 0 Å². The Labute approximate surface area is 93.6 Å². The van der Waals surface area contributed by atoms with Gasteiger partial charge in [0.2, 0.25) is 5.91 Å². The summed E-state index contributed by atoms with van der Waals surface area (Å²) in [7, 11) is 1.18. The minimum absolute atomic E-state index is 0.107. The minimum Gasteiger partial charge on any atom is -0.467 e. The Hall–Kier alpha value is -0.750. The summed E-state index contributed by atoms with van der Waals surface area (Å²) in [6.45, 7) is 3.87. The third-order valence-electron chi connectivity index (χ3n) is 1.51. The molecule has 0 aromatic rings. The van der Waals surface area contributed by atoms with E-state index in [9.17, 15) is 9.59 Å². The number of carbonyl (C=O) groups is 2. The molecule has 15 heavy (non-hydrogen) atoms. The van der Waals surface area contributed by atoms with Crippen LogP contribution in [0.25, 0.3) is 0 Å². The van der Waals surface area contributed by atoms with E-state index < -0.39 is 12.1 Å². The lowest BCUT2D eigenvalue weighted by molar-refractivity contribution is -0.150. The summed E-state index contributed by atoms with van der Waals surface area (Å²) in [5, 5.41) is 12.0. The highest BCUT2D eigenvalue weighted by Crippen LogP contribution is 2.07. The Bertz CT molecular complexity index is 220. The van der Waals surface area contributed by atoms with Crippen LogP contribution in [0, 0.1) is 0 Å². The Kier molecular flexibility index (Phi) is 7.15. The molecule has 0 saturated carbocycles. The summed E-state index contributed by atoms with van der Waals surface area (Å²) in [5.74, 6) is -0.616. The van der Waals surface area contributed by atoms with Crippen molar-refractivity contribution in [3.63, 3.8) is 0 Å². The summed E-state index contributed by atoms with van der Waals surface area (Å²) in [4.78, 5) is 21.9. The molecule has 1 amide bonds. The van der Waals surface area contributed by atoms with Gasteiger partial charge < -0.3 is 15.2 Å². The highest BCUT2D eigenvalue weighted by molar-refractivity contribution is 8.00. The van der Waals surface area contributed by atoms with E-state index in [0.29, 0.717) is 11.0 Å². The number of hydrogen-bond acceptors (Lipinski definition) is 5. The van der Waals surface area contributed by atoms with E-state index in [1.165, 1.54) is 18.9 Å². The molecule has 0 fully saturated rings. The van der Waals surface area contributed by atoms with Gasteiger partial charge in [-0.2, -0.15) is 0 Å². The molecule has 0 saturated heterocycles.